The van der Waals surface area contributed by atoms with Crippen molar-refractivity contribution in [2.24, 2.45) is 0 Å². The van der Waals surface area contributed by atoms with Crippen molar-refractivity contribution in [3.63, 3.8) is 0 Å². The number of anilines is 1. The number of benzene rings is 2. The molecule has 5 nitrogen and oxygen atoms in total. The molecule has 0 aliphatic heterocycles. The Bertz CT molecular complexity index is 1200. The summed E-state index contributed by atoms with van der Waals surface area (Å²) in [5.41, 5.74) is -1.44. The quantitative estimate of drug-likeness (QED) is 0.431. The summed E-state index contributed by atoms with van der Waals surface area (Å²) in [6, 6.07) is 10.3. The van der Waals surface area contributed by atoms with Gasteiger partial charge in [0.2, 0.25) is 5.95 Å². The predicted octanol–water partition coefficient (Wildman–Crippen LogP) is 5.47. The maximum atomic E-state index is 13.0. The van der Waals surface area contributed by atoms with E-state index in [9.17, 15) is 26.3 Å². The number of alkyl halides is 6. The summed E-state index contributed by atoms with van der Waals surface area (Å²) in [4.78, 5) is 12.5. The molecule has 0 amide bonds. The van der Waals surface area contributed by atoms with Gasteiger partial charge in [-0.2, -0.15) is 31.3 Å². The number of rotatable bonds is 4. The van der Waals surface area contributed by atoms with Crippen molar-refractivity contribution in [1.82, 2.24) is 19.5 Å². The number of para-hydroxylation sites is 2. The molecule has 2 aromatic carbocycles. The van der Waals surface area contributed by atoms with E-state index in [0.29, 0.717) is 18.0 Å². The first-order chi connectivity index (χ1) is 14.6. The number of fused-ring (bicyclic) bond motifs is 1. The van der Waals surface area contributed by atoms with Gasteiger partial charge in [-0.3, -0.25) is 4.57 Å². The molecule has 0 unspecified atom stereocenters. The second-order valence-corrected chi connectivity index (χ2v) is 6.61. The van der Waals surface area contributed by atoms with Crippen molar-refractivity contribution in [3.05, 3.63) is 77.7 Å². The molecule has 0 aliphatic rings. The number of imidazole rings is 1. The van der Waals surface area contributed by atoms with Crippen LogP contribution in [-0.2, 0) is 18.9 Å². The zero-order chi connectivity index (χ0) is 22.2. The fourth-order valence-corrected chi connectivity index (χ4v) is 3.01. The number of aromatic nitrogens is 4. The molecule has 0 bridgehead atoms. The molecule has 1 N–H and O–H groups in total. The van der Waals surface area contributed by atoms with Crippen LogP contribution in [0.4, 0.5) is 32.3 Å². The van der Waals surface area contributed by atoms with Crippen LogP contribution in [0.25, 0.3) is 16.9 Å². The summed E-state index contributed by atoms with van der Waals surface area (Å²) in [6.07, 6.45) is -6.84. The van der Waals surface area contributed by atoms with Crippen molar-refractivity contribution >= 4 is 17.0 Å². The highest BCUT2D eigenvalue weighted by molar-refractivity contribution is 5.76. The minimum absolute atomic E-state index is 0.0428. The highest BCUT2D eigenvalue weighted by atomic mass is 19.4. The lowest BCUT2D eigenvalue weighted by Gasteiger charge is -2.14. The molecular weight excluding hydrogens is 424 g/mol. The Balaban J connectivity index is 1.61. The maximum absolute atomic E-state index is 13.0. The maximum Gasteiger partial charge on any atom is 0.416 e. The van der Waals surface area contributed by atoms with Crippen LogP contribution in [0.5, 0.6) is 0 Å². The molecule has 0 atom stereocenters. The van der Waals surface area contributed by atoms with Crippen LogP contribution in [0.15, 0.2) is 61.1 Å². The fourth-order valence-electron chi connectivity index (χ4n) is 3.01. The van der Waals surface area contributed by atoms with Crippen LogP contribution in [0.1, 0.15) is 16.7 Å². The summed E-state index contributed by atoms with van der Waals surface area (Å²) in [6.45, 7) is -0.332. The first kappa shape index (κ1) is 20.6. The Hall–Kier alpha value is -3.63. The number of nitrogens with one attached hydrogen (secondary N) is 1. The smallest absolute Gasteiger partial charge is 0.350 e. The lowest BCUT2D eigenvalue weighted by Crippen LogP contribution is -2.13. The second kappa shape index (κ2) is 7.56. The molecule has 4 aromatic rings. The van der Waals surface area contributed by atoms with Crippen molar-refractivity contribution < 1.29 is 26.3 Å². The minimum atomic E-state index is -4.91. The van der Waals surface area contributed by atoms with Gasteiger partial charge < -0.3 is 5.32 Å². The summed E-state index contributed by atoms with van der Waals surface area (Å²) < 4.78 is 79.8. The molecule has 0 saturated heterocycles. The largest absolute Gasteiger partial charge is 0.416 e. The van der Waals surface area contributed by atoms with Crippen molar-refractivity contribution in [1.29, 1.82) is 0 Å². The molecule has 0 spiro atoms. The topological polar surface area (TPSA) is 55.6 Å². The molecule has 2 heterocycles. The highest BCUT2D eigenvalue weighted by Crippen LogP contribution is 2.36. The van der Waals surface area contributed by atoms with E-state index in [1.54, 1.807) is 17.0 Å². The van der Waals surface area contributed by atoms with Crippen molar-refractivity contribution in [3.8, 4) is 5.82 Å². The Morgan fingerprint density at radius 1 is 0.839 bits per heavy atom. The SMILES string of the molecule is FC(F)(F)c1cc(CNc2nccc(-n3cnc4ccccc43)n2)cc(C(F)(F)F)c1. The van der Waals surface area contributed by atoms with Gasteiger partial charge in [0.05, 0.1) is 22.2 Å². The van der Waals surface area contributed by atoms with Crippen LogP contribution in [0.3, 0.4) is 0 Å². The number of nitrogens with zero attached hydrogens (tertiary/aromatic N) is 4. The Labute approximate surface area is 171 Å². The molecular formula is C20H13F6N5. The third-order valence-corrected chi connectivity index (χ3v) is 4.44. The third-order valence-electron chi connectivity index (χ3n) is 4.44. The van der Waals surface area contributed by atoms with Gasteiger partial charge in [0.15, 0.2) is 0 Å². The second-order valence-electron chi connectivity index (χ2n) is 6.61. The normalized spacial score (nSPS) is 12.3. The first-order valence-corrected chi connectivity index (χ1v) is 8.89. The van der Waals surface area contributed by atoms with Crippen LogP contribution in [0, 0.1) is 0 Å². The first-order valence-electron chi connectivity index (χ1n) is 8.89. The predicted molar refractivity (Wildman–Crippen MR) is 100 cm³/mol. The minimum Gasteiger partial charge on any atom is -0.350 e. The number of hydrogen-bond donors (Lipinski definition) is 1. The highest BCUT2D eigenvalue weighted by Gasteiger charge is 2.36. The zero-order valence-electron chi connectivity index (χ0n) is 15.5. The monoisotopic (exact) mass is 437 g/mol. The van der Waals surface area contributed by atoms with Gasteiger partial charge in [-0.1, -0.05) is 12.1 Å². The molecule has 4 rings (SSSR count). The van der Waals surface area contributed by atoms with Gasteiger partial charge in [-0.25, -0.2) is 9.97 Å². The van der Waals surface area contributed by atoms with Gasteiger partial charge in [-0.05, 0) is 42.0 Å². The molecule has 0 fully saturated rings. The Kier molecular flexibility index (Phi) is 5.03. The fraction of sp³-hybridized carbons (Fsp3) is 0.150. The zero-order valence-corrected chi connectivity index (χ0v) is 15.5. The number of halogens is 6. The molecule has 31 heavy (non-hydrogen) atoms. The van der Waals surface area contributed by atoms with Gasteiger partial charge >= 0.3 is 12.4 Å². The average molecular weight is 437 g/mol. The van der Waals surface area contributed by atoms with Gasteiger partial charge in [-0.15, -0.1) is 0 Å². The molecule has 2 aromatic heterocycles. The lowest BCUT2D eigenvalue weighted by molar-refractivity contribution is -0.143. The van der Waals surface area contributed by atoms with Crippen LogP contribution >= 0.6 is 0 Å². The van der Waals surface area contributed by atoms with E-state index in [0.717, 1.165) is 11.0 Å². The van der Waals surface area contributed by atoms with Crippen molar-refractivity contribution in [2.75, 3.05) is 5.32 Å². The van der Waals surface area contributed by atoms with Crippen LogP contribution in [0.2, 0.25) is 0 Å². The molecule has 160 valence electrons. The molecule has 0 radical (unpaired) electrons. The van der Waals surface area contributed by atoms with Crippen LogP contribution in [-0.4, -0.2) is 19.5 Å². The lowest BCUT2D eigenvalue weighted by atomic mass is 10.0. The van der Waals surface area contributed by atoms with E-state index in [-0.39, 0.29) is 24.1 Å². The number of hydrogen-bond acceptors (Lipinski definition) is 4. The summed E-state index contributed by atoms with van der Waals surface area (Å²) in [5, 5.41) is 2.68. The van der Waals surface area contributed by atoms with E-state index < -0.39 is 23.5 Å². The van der Waals surface area contributed by atoms with Crippen molar-refractivity contribution in [2.45, 2.75) is 18.9 Å². The van der Waals surface area contributed by atoms with Gasteiger partial charge in [0, 0.05) is 12.7 Å². The van der Waals surface area contributed by atoms with E-state index in [4.69, 9.17) is 0 Å². The van der Waals surface area contributed by atoms with E-state index in [1.807, 2.05) is 24.3 Å². The van der Waals surface area contributed by atoms with E-state index in [2.05, 4.69) is 20.3 Å². The standard InChI is InChI=1S/C20H13F6N5/c21-19(22,23)13-7-12(8-14(9-13)20(24,25)26)10-28-18-27-6-5-17(30-18)31-11-29-15-3-1-2-4-16(15)31/h1-9,11H,10H2,(H,27,28,30). The van der Waals surface area contributed by atoms with Gasteiger partial charge in [0.25, 0.3) is 0 Å². The summed E-state index contributed by atoms with van der Waals surface area (Å²) >= 11 is 0. The van der Waals surface area contributed by atoms with Crippen LogP contribution < -0.4 is 5.32 Å². The molecule has 0 saturated carbocycles. The Morgan fingerprint density at radius 3 is 2.19 bits per heavy atom. The van der Waals surface area contributed by atoms with Gasteiger partial charge in [0.1, 0.15) is 12.1 Å². The Morgan fingerprint density at radius 2 is 1.52 bits per heavy atom. The molecule has 0 aliphatic carbocycles. The summed E-state index contributed by atoms with van der Waals surface area (Å²) in [7, 11) is 0. The van der Waals surface area contributed by atoms with E-state index >= 15 is 0 Å². The average Bonchev–Trinajstić information content (AvgIpc) is 3.15. The van der Waals surface area contributed by atoms with E-state index in [1.165, 1.54) is 6.20 Å². The molecule has 11 heteroatoms. The summed E-state index contributed by atoms with van der Waals surface area (Å²) in [5.74, 6) is 0.479. The third kappa shape index (κ3) is 4.44.